The van der Waals surface area contributed by atoms with Crippen LogP contribution < -0.4 is 5.32 Å². The molecule has 2 heterocycles. The number of nitrogens with zero attached hydrogens (tertiary/aromatic N) is 3. The molecule has 1 aliphatic heterocycles. The third-order valence-corrected chi connectivity index (χ3v) is 5.68. The van der Waals surface area contributed by atoms with Gasteiger partial charge in [-0.1, -0.05) is 31.9 Å². The predicted octanol–water partition coefficient (Wildman–Crippen LogP) is 2.01. The summed E-state index contributed by atoms with van der Waals surface area (Å²) in [6.07, 6.45) is 8.59. The lowest BCUT2D eigenvalue weighted by atomic mass is 9.96. The number of aliphatic hydroxyl groups excluding tert-OH is 1. The quantitative estimate of drug-likeness (QED) is 0.772. The van der Waals surface area contributed by atoms with Crippen LogP contribution in [0.5, 0.6) is 0 Å². The van der Waals surface area contributed by atoms with Crippen molar-refractivity contribution in [3.05, 3.63) is 11.9 Å². The largest absolute Gasteiger partial charge is 0.394 e. The summed E-state index contributed by atoms with van der Waals surface area (Å²) in [7, 11) is 0. The Balaban J connectivity index is 1.46. The second-order valence-electron chi connectivity index (χ2n) is 8.00. The van der Waals surface area contributed by atoms with Crippen molar-refractivity contribution in [2.75, 3.05) is 6.61 Å². The lowest BCUT2D eigenvalue weighted by Crippen LogP contribution is -2.52. The van der Waals surface area contributed by atoms with Gasteiger partial charge < -0.3 is 15.2 Å². The first kappa shape index (κ1) is 19.3. The van der Waals surface area contributed by atoms with Crippen LogP contribution in [0.3, 0.4) is 0 Å². The molecule has 1 amide bonds. The number of hydrogen-bond acceptors (Lipinski definition) is 5. The van der Waals surface area contributed by atoms with Crippen molar-refractivity contribution in [2.24, 2.45) is 5.92 Å². The minimum Gasteiger partial charge on any atom is -0.394 e. The smallest absolute Gasteiger partial charge is 0.223 e. The van der Waals surface area contributed by atoms with E-state index in [0.717, 1.165) is 57.2 Å². The van der Waals surface area contributed by atoms with Gasteiger partial charge in [0, 0.05) is 18.7 Å². The molecule has 1 aliphatic carbocycles. The molecule has 3 atom stereocenters. The molecule has 3 rings (SSSR count). The van der Waals surface area contributed by atoms with E-state index in [-0.39, 0.29) is 36.7 Å². The van der Waals surface area contributed by atoms with Gasteiger partial charge in [0.1, 0.15) is 6.10 Å². The van der Waals surface area contributed by atoms with Crippen LogP contribution in [0.15, 0.2) is 6.20 Å². The zero-order valence-electron chi connectivity index (χ0n) is 15.9. The van der Waals surface area contributed by atoms with Crippen molar-refractivity contribution in [1.82, 2.24) is 20.3 Å². The van der Waals surface area contributed by atoms with Gasteiger partial charge in [-0.3, -0.25) is 9.48 Å². The molecule has 1 aromatic rings. The van der Waals surface area contributed by atoms with E-state index in [1.807, 2.05) is 10.9 Å². The molecule has 1 aromatic heterocycles. The van der Waals surface area contributed by atoms with Crippen molar-refractivity contribution in [2.45, 2.75) is 89.5 Å². The number of rotatable bonds is 7. The molecule has 2 aliphatic rings. The monoisotopic (exact) mass is 364 g/mol. The summed E-state index contributed by atoms with van der Waals surface area (Å²) in [6.45, 7) is 4.89. The van der Waals surface area contributed by atoms with Crippen molar-refractivity contribution in [1.29, 1.82) is 0 Å². The molecule has 0 bridgehead atoms. The van der Waals surface area contributed by atoms with Crippen molar-refractivity contribution in [3.8, 4) is 0 Å². The maximum absolute atomic E-state index is 12.4. The Morgan fingerprint density at radius 3 is 2.77 bits per heavy atom. The molecule has 0 unspecified atom stereocenters. The summed E-state index contributed by atoms with van der Waals surface area (Å²) in [4.78, 5) is 12.4. The molecule has 7 nitrogen and oxygen atoms in total. The zero-order valence-corrected chi connectivity index (χ0v) is 15.9. The highest BCUT2D eigenvalue weighted by Crippen LogP contribution is 2.27. The van der Waals surface area contributed by atoms with Gasteiger partial charge in [0.25, 0.3) is 0 Å². The Bertz CT molecular complexity index is 583. The maximum Gasteiger partial charge on any atom is 0.223 e. The van der Waals surface area contributed by atoms with Crippen LogP contribution in [0.4, 0.5) is 0 Å². The van der Waals surface area contributed by atoms with E-state index >= 15 is 0 Å². The van der Waals surface area contributed by atoms with E-state index < -0.39 is 0 Å². The fraction of sp³-hybridized carbons (Fsp3) is 0.842. The average molecular weight is 364 g/mol. The molecule has 146 valence electrons. The molecule has 1 saturated carbocycles. The van der Waals surface area contributed by atoms with E-state index in [9.17, 15) is 9.90 Å². The van der Waals surface area contributed by atoms with Gasteiger partial charge in [0.2, 0.25) is 5.91 Å². The van der Waals surface area contributed by atoms with Gasteiger partial charge in [0.05, 0.1) is 24.4 Å². The Kier molecular flexibility index (Phi) is 6.64. The van der Waals surface area contributed by atoms with Crippen LogP contribution in [0.2, 0.25) is 0 Å². The van der Waals surface area contributed by atoms with Crippen molar-refractivity contribution < 1.29 is 14.6 Å². The summed E-state index contributed by atoms with van der Waals surface area (Å²) in [5, 5.41) is 21.2. The molecular formula is C19H32N4O3. The third kappa shape index (κ3) is 4.82. The molecule has 0 aromatic carbocycles. The molecule has 0 radical (unpaired) electrons. The number of carbonyl (C=O) groups excluding carboxylic acids is 1. The first-order valence-electron chi connectivity index (χ1n) is 10.0. The Morgan fingerprint density at radius 1 is 1.35 bits per heavy atom. The number of amides is 1. The van der Waals surface area contributed by atoms with E-state index in [1.165, 1.54) is 0 Å². The van der Waals surface area contributed by atoms with Gasteiger partial charge in [-0.2, -0.15) is 0 Å². The lowest BCUT2D eigenvalue weighted by Gasteiger charge is -2.36. The van der Waals surface area contributed by atoms with Gasteiger partial charge in [0.15, 0.2) is 0 Å². The summed E-state index contributed by atoms with van der Waals surface area (Å²) in [5.41, 5.74) is 0.998. The molecule has 0 spiro atoms. The Hall–Kier alpha value is -1.47. The minimum atomic E-state index is -0.318. The van der Waals surface area contributed by atoms with Gasteiger partial charge in [-0.05, 0) is 38.0 Å². The highest BCUT2D eigenvalue weighted by molar-refractivity contribution is 5.79. The number of ether oxygens (including phenoxy) is 1. The van der Waals surface area contributed by atoms with Gasteiger partial charge >= 0.3 is 0 Å². The maximum atomic E-state index is 12.4. The first-order valence-corrected chi connectivity index (χ1v) is 10.0. The molecule has 2 N–H and O–H groups in total. The van der Waals surface area contributed by atoms with Crippen LogP contribution in [0.25, 0.3) is 0 Å². The van der Waals surface area contributed by atoms with E-state index in [4.69, 9.17) is 4.74 Å². The standard InChI is InChI=1S/C19H32N4O3/c1-13(2)17-11-23(22-21-17)10-9-15-7-8-16(18(12-24)26-15)20-19(25)14-5-3-4-6-14/h11,13-16,18,24H,3-10,12H2,1-2H3,(H,20,25)/t15-,16+,18+/m0/s1. The second-order valence-corrected chi connectivity index (χ2v) is 8.00. The summed E-state index contributed by atoms with van der Waals surface area (Å²) < 4.78 is 7.92. The normalized spacial score (nSPS) is 27.2. The van der Waals surface area contributed by atoms with Gasteiger partial charge in [-0.25, -0.2) is 0 Å². The fourth-order valence-electron chi connectivity index (χ4n) is 3.96. The first-order chi connectivity index (χ1) is 12.6. The average Bonchev–Trinajstić information content (AvgIpc) is 3.32. The Labute approximate surface area is 155 Å². The summed E-state index contributed by atoms with van der Waals surface area (Å²) in [6, 6.07) is -0.0803. The number of hydrogen-bond donors (Lipinski definition) is 2. The molecule has 2 fully saturated rings. The predicted molar refractivity (Wildman–Crippen MR) is 97.6 cm³/mol. The van der Waals surface area contributed by atoms with E-state index in [2.05, 4.69) is 29.5 Å². The molecular weight excluding hydrogens is 332 g/mol. The number of aliphatic hydroxyl groups is 1. The number of aromatic nitrogens is 3. The van der Waals surface area contributed by atoms with Gasteiger partial charge in [-0.15, -0.1) is 5.10 Å². The van der Waals surface area contributed by atoms with Crippen molar-refractivity contribution >= 4 is 5.91 Å². The van der Waals surface area contributed by atoms with Crippen molar-refractivity contribution in [3.63, 3.8) is 0 Å². The highest BCUT2D eigenvalue weighted by atomic mass is 16.5. The van der Waals surface area contributed by atoms with Crippen LogP contribution in [0.1, 0.15) is 70.4 Å². The summed E-state index contributed by atoms with van der Waals surface area (Å²) >= 11 is 0. The van der Waals surface area contributed by atoms with E-state index in [1.54, 1.807) is 0 Å². The zero-order chi connectivity index (χ0) is 18.5. The Morgan fingerprint density at radius 2 is 2.12 bits per heavy atom. The van der Waals surface area contributed by atoms with Crippen LogP contribution in [0, 0.1) is 5.92 Å². The van der Waals surface area contributed by atoms with Crippen LogP contribution in [-0.2, 0) is 16.1 Å². The second kappa shape index (κ2) is 8.95. The highest BCUT2D eigenvalue weighted by Gasteiger charge is 2.33. The van der Waals surface area contributed by atoms with Crippen LogP contribution in [-0.4, -0.2) is 50.9 Å². The molecule has 1 saturated heterocycles. The topological polar surface area (TPSA) is 89.3 Å². The SMILES string of the molecule is CC(C)c1cn(CC[C@@H]2CC[C@@H](NC(=O)C3CCCC3)[C@@H](CO)O2)nn1. The van der Waals surface area contributed by atoms with E-state index in [0.29, 0.717) is 5.92 Å². The number of carbonyl (C=O) groups is 1. The fourth-order valence-corrected chi connectivity index (χ4v) is 3.96. The third-order valence-electron chi connectivity index (χ3n) is 5.68. The molecule has 7 heteroatoms. The molecule has 26 heavy (non-hydrogen) atoms. The minimum absolute atomic E-state index is 0.0626. The summed E-state index contributed by atoms with van der Waals surface area (Å²) in [5.74, 6) is 0.657. The van der Waals surface area contributed by atoms with Crippen LogP contribution >= 0.6 is 0 Å². The lowest BCUT2D eigenvalue weighted by molar-refractivity contribution is -0.132. The number of nitrogens with one attached hydrogen (secondary N) is 1. The number of aryl methyl sites for hydroxylation is 1.